The molecule has 1 unspecified atom stereocenters. The Hall–Kier alpha value is -0.570. The molecule has 1 aliphatic heterocycles. The fourth-order valence-corrected chi connectivity index (χ4v) is 1.57. The zero-order valence-electron chi connectivity index (χ0n) is 7.58. The van der Waals surface area contributed by atoms with Crippen LogP contribution >= 0.6 is 0 Å². The lowest BCUT2D eigenvalue weighted by atomic mass is 9.95. The van der Waals surface area contributed by atoms with Gasteiger partial charge in [0, 0.05) is 6.61 Å². The summed E-state index contributed by atoms with van der Waals surface area (Å²) in [6, 6.07) is 0. The van der Waals surface area contributed by atoms with E-state index in [9.17, 15) is 4.79 Å². The molecule has 2 N–H and O–H groups in total. The summed E-state index contributed by atoms with van der Waals surface area (Å²) in [5, 5.41) is 0. The molecule has 1 saturated heterocycles. The van der Waals surface area contributed by atoms with Crippen LogP contribution in [-0.4, -0.2) is 18.6 Å². The molecule has 0 aromatic heterocycles. The van der Waals surface area contributed by atoms with Crippen LogP contribution in [0.15, 0.2) is 0 Å². The Balaban J connectivity index is 2.21. The third-order valence-electron chi connectivity index (χ3n) is 2.47. The summed E-state index contributed by atoms with van der Waals surface area (Å²) in [4.78, 5) is 10.6. The molecule has 0 bridgehead atoms. The van der Waals surface area contributed by atoms with Crippen molar-refractivity contribution in [3.8, 4) is 0 Å². The predicted molar refractivity (Wildman–Crippen MR) is 46.6 cm³/mol. The predicted octanol–water partition coefficient (Wildman–Crippen LogP) is 1.07. The second-order valence-electron chi connectivity index (χ2n) is 3.48. The molecule has 0 aromatic rings. The second-order valence-corrected chi connectivity index (χ2v) is 3.48. The van der Waals surface area contributed by atoms with E-state index in [0.29, 0.717) is 12.3 Å². The Morgan fingerprint density at radius 2 is 2.33 bits per heavy atom. The normalized spacial score (nSPS) is 30.1. The number of nitrogens with two attached hydrogens (primary N) is 1. The molecule has 70 valence electrons. The van der Waals surface area contributed by atoms with Crippen LogP contribution in [0.3, 0.4) is 0 Å². The first-order valence-corrected chi connectivity index (χ1v) is 4.62. The van der Waals surface area contributed by atoms with E-state index in [2.05, 4.69) is 6.92 Å². The number of amides is 1. The van der Waals surface area contributed by atoms with Gasteiger partial charge in [-0.05, 0) is 18.8 Å². The Morgan fingerprint density at radius 1 is 1.58 bits per heavy atom. The van der Waals surface area contributed by atoms with E-state index in [-0.39, 0.29) is 12.0 Å². The van der Waals surface area contributed by atoms with E-state index < -0.39 is 0 Å². The first-order valence-electron chi connectivity index (χ1n) is 4.62. The summed E-state index contributed by atoms with van der Waals surface area (Å²) < 4.78 is 5.49. The van der Waals surface area contributed by atoms with E-state index in [1.165, 1.54) is 12.8 Å². The summed E-state index contributed by atoms with van der Waals surface area (Å²) in [5.74, 6) is 0.434. The van der Waals surface area contributed by atoms with Crippen molar-refractivity contribution in [1.82, 2.24) is 0 Å². The maximum atomic E-state index is 10.6. The van der Waals surface area contributed by atoms with Crippen molar-refractivity contribution in [1.29, 1.82) is 0 Å². The third kappa shape index (κ3) is 2.81. The minimum atomic E-state index is -0.255. The molecule has 0 saturated carbocycles. The third-order valence-corrected chi connectivity index (χ3v) is 2.47. The molecular formula is C9H17NO2. The van der Waals surface area contributed by atoms with Crippen LogP contribution < -0.4 is 5.73 Å². The number of primary amides is 1. The molecule has 1 amide bonds. The molecule has 1 fully saturated rings. The van der Waals surface area contributed by atoms with Gasteiger partial charge in [0.25, 0.3) is 0 Å². The van der Waals surface area contributed by atoms with Crippen LogP contribution in [0, 0.1) is 5.92 Å². The van der Waals surface area contributed by atoms with Gasteiger partial charge in [-0.3, -0.25) is 4.79 Å². The van der Waals surface area contributed by atoms with E-state index >= 15 is 0 Å². The minimum absolute atomic E-state index is 0.0882. The van der Waals surface area contributed by atoms with Crippen molar-refractivity contribution in [3.05, 3.63) is 0 Å². The van der Waals surface area contributed by atoms with Gasteiger partial charge in [-0.1, -0.05) is 13.3 Å². The summed E-state index contributed by atoms with van der Waals surface area (Å²) in [5.41, 5.74) is 5.07. The lowest BCUT2D eigenvalue weighted by Crippen LogP contribution is -2.29. The fraction of sp³-hybridized carbons (Fsp3) is 0.889. The van der Waals surface area contributed by atoms with Gasteiger partial charge in [-0.25, -0.2) is 0 Å². The molecule has 12 heavy (non-hydrogen) atoms. The zero-order chi connectivity index (χ0) is 8.97. The standard InChI is InChI=1S/C9H17NO2/c1-2-7-3-4-8(12-6-7)5-9(10)11/h7-8H,2-6H2,1H3,(H2,10,11)/t7?,8-/m0/s1. The molecule has 1 heterocycles. The van der Waals surface area contributed by atoms with E-state index in [1.807, 2.05) is 0 Å². The lowest BCUT2D eigenvalue weighted by Gasteiger charge is -2.27. The van der Waals surface area contributed by atoms with Crippen molar-refractivity contribution < 1.29 is 9.53 Å². The number of carbonyl (C=O) groups excluding carboxylic acids is 1. The Bertz CT molecular complexity index is 151. The first-order chi connectivity index (χ1) is 5.72. The van der Waals surface area contributed by atoms with Crippen molar-refractivity contribution in [3.63, 3.8) is 0 Å². The van der Waals surface area contributed by atoms with Gasteiger partial charge in [0.05, 0.1) is 12.5 Å². The number of rotatable bonds is 3. The van der Waals surface area contributed by atoms with Crippen LogP contribution in [0.5, 0.6) is 0 Å². The van der Waals surface area contributed by atoms with Gasteiger partial charge in [-0.15, -0.1) is 0 Å². The Morgan fingerprint density at radius 3 is 2.75 bits per heavy atom. The summed E-state index contributed by atoms with van der Waals surface area (Å²) >= 11 is 0. The van der Waals surface area contributed by atoms with Gasteiger partial charge in [0.2, 0.25) is 5.91 Å². The highest BCUT2D eigenvalue weighted by atomic mass is 16.5. The molecule has 0 aromatic carbocycles. The Labute approximate surface area is 73.3 Å². The smallest absolute Gasteiger partial charge is 0.220 e. The second kappa shape index (κ2) is 4.45. The van der Waals surface area contributed by atoms with Gasteiger partial charge in [-0.2, -0.15) is 0 Å². The Kier molecular flexibility index (Phi) is 3.53. The van der Waals surface area contributed by atoms with Gasteiger partial charge in [0.15, 0.2) is 0 Å². The zero-order valence-corrected chi connectivity index (χ0v) is 7.58. The maximum Gasteiger partial charge on any atom is 0.220 e. The quantitative estimate of drug-likeness (QED) is 0.690. The van der Waals surface area contributed by atoms with Crippen LogP contribution in [0.25, 0.3) is 0 Å². The van der Waals surface area contributed by atoms with E-state index in [1.54, 1.807) is 0 Å². The van der Waals surface area contributed by atoms with Crippen molar-refractivity contribution >= 4 is 5.91 Å². The van der Waals surface area contributed by atoms with Crippen LogP contribution in [0.2, 0.25) is 0 Å². The van der Waals surface area contributed by atoms with Crippen molar-refractivity contribution in [2.75, 3.05) is 6.61 Å². The topological polar surface area (TPSA) is 52.3 Å². The van der Waals surface area contributed by atoms with Gasteiger partial charge >= 0.3 is 0 Å². The first kappa shape index (κ1) is 9.52. The highest BCUT2D eigenvalue weighted by molar-refractivity contribution is 5.74. The van der Waals surface area contributed by atoms with E-state index in [4.69, 9.17) is 10.5 Å². The molecule has 1 rings (SSSR count). The minimum Gasteiger partial charge on any atom is -0.377 e. The fourth-order valence-electron chi connectivity index (χ4n) is 1.57. The van der Waals surface area contributed by atoms with Crippen LogP contribution in [0.4, 0.5) is 0 Å². The SMILES string of the molecule is CCC1CC[C@@H](CC(N)=O)OC1. The molecule has 0 aliphatic carbocycles. The largest absolute Gasteiger partial charge is 0.377 e. The number of ether oxygens (including phenoxy) is 1. The summed E-state index contributed by atoms with van der Waals surface area (Å²) in [6.07, 6.45) is 3.81. The molecule has 0 radical (unpaired) electrons. The van der Waals surface area contributed by atoms with Crippen molar-refractivity contribution in [2.45, 2.75) is 38.7 Å². The average Bonchev–Trinajstić information content (AvgIpc) is 2.05. The lowest BCUT2D eigenvalue weighted by molar-refractivity contribution is -0.122. The molecular weight excluding hydrogens is 154 g/mol. The molecule has 2 atom stereocenters. The highest BCUT2D eigenvalue weighted by Gasteiger charge is 2.21. The monoisotopic (exact) mass is 171 g/mol. The molecule has 0 spiro atoms. The van der Waals surface area contributed by atoms with Crippen LogP contribution in [-0.2, 0) is 9.53 Å². The van der Waals surface area contributed by atoms with Crippen molar-refractivity contribution in [2.24, 2.45) is 11.7 Å². The van der Waals surface area contributed by atoms with Gasteiger partial charge < -0.3 is 10.5 Å². The van der Waals surface area contributed by atoms with Gasteiger partial charge in [0.1, 0.15) is 0 Å². The highest BCUT2D eigenvalue weighted by Crippen LogP contribution is 2.22. The number of hydrogen-bond acceptors (Lipinski definition) is 2. The van der Waals surface area contributed by atoms with Crippen LogP contribution in [0.1, 0.15) is 32.6 Å². The molecule has 1 aliphatic rings. The summed E-state index contributed by atoms with van der Waals surface area (Å²) in [7, 11) is 0. The molecule has 3 nitrogen and oxygen atoms in total. The van der Waals surface area contributed by atoms with E-state index in [0.717, 1.165) is 13.0 Å². The summed E-state index contributed by atoms with van der Waals surface area (Å²) in [6.45, 7) is 2.97. The molecule has 3 heteroatoms. The number of carbonyl (C=O) groups is 1. The average molecular weight is 171 g/mol. The number of hydrogen-bond donors (Lipinski definition) is 1. The maximum absolute atomic E-state index is 10.6.